The van der Waals surface area contributed by atoms with Crippen LogP contribution in [0.5, 0.6) is 0 Å². The minimum absolute atomic E-state index is 0.00849. The number of hydrogen-bond acceptors (Lipinski definition) is 2. The molecule has 3 rings (SSSR count). The van der Waals surface area contributed by atoms with E-state index in [9.17, 15) is 23.1 Å². The molecule has 2 saturated carbocycles. The molecule has 1 aromatic rings. The van der Waals surface area contributed by atoms with Crippen LogP contribution in [-0.2, 0) is 16.4 Å². The molecule has 0 bridgehead atoms. The van der Waals surface area contributed by atoms with Crippen LogP contribution in [-0.4, -0.2) is 23.2 Å². The van der Waals surface area contributed by atoms with E-state index in [0.29, 0.717) is 44.1 Å². The summed E-state index contributed by atoms with van der Waals surface area (Å²) in [6.45, 7) is 0. The highest BCUT2D eigenvalue weighted by Gasteiger charge is 2.52. The van der Waals surface area contributed by atoms with Gasteiger partial charge in [-0.15, -0.1) is 0 Å². The molecule has 0 radical (unpaired) electrons. The van der Waals surface area contributed by atoms with Crippen LogP contribution >= 0.6 is 0 Å². The van der Waals surface area contributed by atoms with E-state index in [1.54, 1.807) is 6.07 Å². The Morgan fingerprint density at radius 2 is 1.83 bits per heavy atom. The first-order valence-electron chi connectivity index (χ1n) is 7.98. The quantitative estimate of drug-likeness (QED) is 0.896. The topological polar surface area (TPSA) is 49.3 Å². The van der Waals surface area contributed by atoms with Crippen LogP contribution < -0.4 is 5.32 Å². The van der Waals surface area contributed by atoms with Gasteiger partial charge in [0.05, 0.1) is 17.1 Å². The smallest absolute Gasteiger partial charge is 0.393 e. The zero-order valence-corrected chi connectivity index (χ0v) is 12.7. The van der Waals surface area contributed by atoms with Gasteiger partial charge in [-0.1, -0.05) is 18.2 Å². The fourth-order valence-corrected chi connectivity index (χ4v) is 3.31. The first-order chi connectivity index (χ1) is 10.8. The number of halogens is 3. The Hall–Kier alpha value is -1.56. The molecule has 0 heterocycles. The molecule has 0 saturated heterocycles. The van der Waals surface area contributed by atoms with Crippen molar-refractivity contribution in [1.82, 2.24) is 5.32 Å². The van der Waals surface area contributed by atoms with Crippen molar-refractivity contribution in [1.29, 1.82) is 0 Å². The molecule has 23 heavy (non-hydrogen) atoms. The molecule has 0 unspecified atom stereocenters. The van der Waals surface area contributed by atoms with Gasteiger partial charge < -0.3 is 10.4 Å². The van der Waals surface area contributed by atoms with Gasteiger partial charge in [0, 0.05) is 6.04 Å². The number of hydrogen-bond donors (Lipinski definition) is 2. The molecule has 1 aromatic carbocycles. The number of carbonyl (C=O) groups excluding carboxylic acids is 1. The van der Waals surface area contributed by atoms with Gasteiger partial charge in [-0.3, -0.25) is 4.79 Å². The number of amides is 1. The van der Waals surface area contributed by atoms with Crippen molar-refractivity contribution in [2.24, 2.45) is 0 Å². The molecule has 2 N–H and O–H groups in total. The van der Waals surface area contributed by atoms with Crippen LogP contribution in [0.25, 0.3) is 0 Å². The molecular weight excluding hydrogens is 307 g/mol. The van der Waals surface area contributed by atoms with Crippen LogP contribution in [0.3, 0.4) is 0 Å². The second-order valence-electron chi connectivity index (χ2n) is 6.64. The molecule has 2 aliphatic rings. The monoisotopic (exact) mass is 327 g/mol. The Morgan fingerprint density at radius 3 is 2.39 bits per heavy atom. The molecule has 0 aromatic heterocycles. The number of alkyl halides is 3. The van der Waals surface area contributed by atoms with Crippen molar-refractivity contribution in [2.75, 3.05) is 0 Å². The highest BCUT2D eigenvalue weighted by molar-refractivity contribution is 5.91. The largest absolute Gasteiger partial charge is 0.416 e. The van der Waals surface area contributed by atoms with Gasteiger partial charge in [0.15, 0.2) is 0 Å². The summed E-state index contributed by atoms with van der Waals surface area (Å²) in [5, 5.41) is 12.5. The van der Waals surface area contributed by atoms with Gasteiger partial charge >= 0.3 is 6.18 Å². The Morgan fingerprint density at radius 1 is 1.17 bits per heavy atom. The molecule has 2 aliphatic carbocycles. The summed E-state index contributed by atoms with van der Waals surface area (Å²) in [4.78, 5) is 12.6. The third-order valence-electron chi connectivity index (χ3n) is 4.96. The standard InChI is InChI=1S/C17H20F3NO2/c18-17(19,20)12-3-1-2-11(10-12)16(8-9-16)15(23)21-13-4-6-14(22)7-5-13/h1-3,10,13-14,22H,4-9H2,(H,21,23). The lowest BCUT2D eigenvalue weighted by atomic mass is 9.90. The van der Waals surface area contributed by atoms with E-state index in [-0.39, 0.29) is 18.1 Å². The van der Waals surface area contributed by atoms with Gasteiger partial charge in [-0.2, -0.15) is 13.2 Å². The number of nitrogens with one attached hydrogen (secondary N) is 1. The fourth-order valence-electron chi connectivity index (χ4n) is 3.31. The molecule has 3 nitrogen and oxygen atoms in total. The van der Waals surface area contributed by atoms with Gasteiger partial charge in [0.1, 0.15) is 0 Å². The number of benzene rings is 1. The third kappa shape index (κ3) is 3.37. The molecule has 6 heteroatoms. The fraction of sp³-hybridized carbons (Fsp3) is 0.588. The lowest BCUT2D eigenvalue weighted by molar-refractivity contribution is -0.137. The minimum Gasteiger partial charge on any atom is -0.393 e. The van der Waals surface area contributed by atoms with E-state index < -0.39 is 17.2 Å². The van der Waals surface area contributed by atoms with Crippen LogP contribution in [0.2, 0.25) is 0 Å². The van der Waals surface area contributed by atoms with Gasteiger partial charge in [0.25, 0.3) is 0 Å². The molecule has 2 fully saturated rings. The van der Waals surface area contributed by atoms with E-state index in [0.717, 1.165) is 12.1 Å². The summed E-state index contributed by atoms with van der Waals surface area (Å²) in [7, 11) is 0. The van der Waals surface area contributed by atoms with Gasteiger partial charge in [-0.25, -0.2) is 0 Å². The van der Waals surface area contributed by atoms with Crippen LogP contribution in [0.15, 0.2) is 24.3 Å². The zero-order chi connectivity index (χ0) is 16.7. The number of aliphatic hydroxyl groups is 1. The van der Waals surface area contributed by atoms with E-state index in [1.807, 2.05) is 0 Å². The second-order valence-corrected chi connectivity index (χ2v) is 6.64. The van der Waals surface area contributed by atoms with Crippen molar-refractivity contribution in [2.45, 2.75) is 62.3 Å². The highest BCUT2D eigenvalue weighted by Crippen LogP contribution is 2.49. The molecular formula is C17H20F3NO2. The van der Waals surface area contributed by atoms with Crippen molar-refractivity contribution < 1.29 is 23.1 Å². The predicted molar refractivity (Wildman–Crippen MR) is 78.8 cm³/mol. The number of carbonyl (C=O) groups is 1. The average Bonchev–Trinajstić information content (AvgIpc) is 3.31. The second kappa shape index (κ2) is 5.82. The zero-order valence-electron chi connectivity index (χ0n) is 12.7. The van der Waals surface area contributed by atoms with E-state index >= 15 is 0 Å². The lowest BCUT2D eigenvalue weighted by Gasteiger charge is -2.28. The van der Waals surface area contributed by atoms with Gasteiger partial charge in [-0.05, 0) is 50.2 Å². The van der Waals surface area contributed by atoms with E-state index in [4.69, 9.17) is 0 Å². The van der Waals surface area contributed by atoms with Gasteiger partial charge in [0.2, 0.25) is 5.91 Å². The highest BCUT2D eigenvalue weighted by atomic mass is 19.4. The Labute approximate surface area is 132 Å². The summed E-state index contributed by atoms with van der Waals surface area (Å²) in [5.41, 5.74) is -1.08. The molecule has 0 atom stereocenters. The van der Waals surface area contributed by atoms with Crippen LogP contribution in [0.1, 0.15) is 49.7 Å². The summed E-state index contributed by atoms with van der Waals surface area (Å²) in [6.07, 6.45) is -0.811. The van der Waals surface area contributed by atoms with Crippen LogP contribution in [0, 0.1) is 0 Å². The Bertz CT molecular complexity index is 588. The Balaban J connectivity index is 1.73. The minimum atomic E-state index is -4.40. The maximum atomic E-state index is 12.9. The summed E-state index contributed by atoms with van der Waals surface area (Å²) in [6, 6.07) is 5.10. The van der Waals surface area contributed by atoms with Crippen molar-refractivity contribution in [3.05, 3.63) is 35.4 Å². The molecule has 126 valence electrons. The molecule has 0 spiro atoms. The van der Waals surface area contributed by atoms with Crippen molar-refractivity contribution in [3.63, 3.8) is 0 Å². The van der Waals surface area contributed by atoms with E-state index in [1.165, 1.54) is 6.07 Å². The van der Waals surface area contributed by atoms with E-state index in [2.05, 4.69) is 5.32 Å². The van der Waals surface area contributed by atoms with Crippen LogP contribution in [0.4, 0.5) is 13.2 Å². The molecule has 0 aliphatic heterocycles. The maximum absolute atomic E-state index is 12.9. The van der Waals surface area contributed by atoms with Crippen molar-refractivity contribution in [3.8, 4) is 0 Å². The third-order valence-corrected chi connectivity index (χ3v) is 4.96. The number of aliphatic hydroxyl groups excluding tert-OH is 1. The first kappa shape index (κ1) is 16.3. The van der Waals surface area contributed by atoms with Crippen molar-refractivity contribution >= 4 is 5.91 Å². The Kier molecular flexibility index (Phi) is 4.12. The maximum Gasteiger partial charge on any atom is 0.416 e. The lowest BCUT2D eigenvalue weighted by Crippen LogP contribution is -2.43. The molecule has 1 amide bonds. The summed E-state index contributed by atoms with van der Waals surface area (Å²) < 4.78 is 38.6. The number of rotatable bonds is 3. The predicted octanol–water partition coefficient (Wildman–Crippen LogP) is 3.16. The average molecular weight is 327 g/mol. The normalized spacial score (nSPS) is 26.6. The summed E-state index contributed by atoms with van der Waals surface area (Å²) >= 11 is 0. The SMILES string of the molecule is O=C(NC1CCC(O)CC1)C1(c2cccc(C(F)(F)F)c2)CC1. The first-order valence-corrected chi connectivity index (χ1v) is 7.98. The summed E-state index contributed by atoms with van der Waals surface area (Å²) in [5.74, 6) is -0.182.